The summed E-state index contributed by atoms with van der Waals surface area (Å²) in [4.78, 5) is 13.4. The van der Waals surface area contributed by atoms with Gasteiger partial charge in [-0.3, -0.25) is 4.79 Å². The summed E-state index contributed by atoms with van der Waals surface area (Å²) in [6.07, 6.45) is 0. The Hall–Kier alpha value is -2.09. The highest BCUT2D eigenvalue weighted by Crippen LogP contribution is 2.14. The van der Waals surface area contributed by atoms with E-state index in [0.717, 1.165) is 6.07 Å². The Kier molecular flexibility index (Phi) is 5.12. The summed E-state index contributed by atoms with van der Waals surface area (Å²) in [5.74, 6) is -0.606. The predicted octanol–water partition coefficient (Wildman–Crippen LogP) is 1.98. The third-order valence-electron chi connectivity index (χ3n) is 2.64. The Morgan fingerprint density at radius 1 is 1.44 bits per heavy atom. The Bertz CT molecular complexity index is 464. The van der Waals surface area contributed by atoms with Crippen molar-refractivity contribution in [2.24, 2.45) is 0 Å². The number of carbonyl (C=O) groups is 1. The number of amides is 1. The number of benzene rings is 1. The van der Waals surface area contributed by atoms with Gasteiger partial charge in [0.15, 0.2) is 0 Å². The van der Waals surface area contributed by atoms with E-state index in [4.69, 9.17) is 5.26 Å². The highest BCUT2D eigenvalue weighted by molar-refractivity contribution is 5.80. The van der Waals surface area contributed by atoms with Crippen LogP contribution < -0.4 is 5.32 Å². The van der Waals surface area contributed by atoms with E-state index >= 15 is 0 Å². The second-order valence-electron chi connectivity index (χ2n) is 3.73. The molecule has 1 aromatic carbocycles. The van der Waals surface area contributed by atoms with Gasteiger partial charge in [-0.15, -0.1) is 0 Å². The number of nitrogens with zero attached hydrogens (tertiary/aromatic N) is 2. The van der Waals surface area contributed by atoms with Gasteiger partial charge in [-0.05, 0) is 32.0 Å². The highest BCUT2D eigenvalue weighted by Gasteiger charge is 2.10. The van der Waals surface area contributed by atoms with E-state index in [-0.39, 0.29) is 23.7 Å². The standard InChI is InChI=1S/C13H16FN3O/c1-3-17(4-2)13(18)9-16-12-6-5-10(8-15)7-11(12)14/h5-7,16H,3-4,9H2,1-2H3. The minimum atomic E-state index is -0.526. The molecule has 0 saturated carbocycles. The zero-order chi connectivity index (χ0) is 13.5. The van der Waals surface area contributed by atoms with Crippen LogP contribution in [-0.4, -0.2) is 30.4 Å². The fraction of sp³-hybridized carbons (Fsp3) is 0.385. The van der Waals surface area contributed by atoms with Gasteiger partial charge < -0.3 is 10.2 Å². The van der Waals surface area contributed by atoms with Crippen molar-refractivity contribution in [1.82, 2.24) is 4.90 Å². The van der Waals surface area contributed by atoms with Gasteiger partial charge in [0, 0.05) is 13.1 Å². The van der Waals surface area contributed by atoms with E-state index in [1.165, 1.54) is 12.1 Å². The normalized spacial score (nSPS) is 9.67. The zero-order valence-electron chi connectivity index (χ0n) is 10.5. The summed E-state index contributed by atoms with van der Waals surface area (Å²) in [7, 11) is 0. The molecular formula is C13H16FN3O. The predicted molar refractivity (Wildman–Crippen MR) is 67.5 cm³/mol. The largest absolute Gasteiger partial charge is 0.374 e. The first-order chi connectivity index (χ1) is 8.62. The molecule has 1 aromatic rings. The Balaban J connectivity index is 2.64. The lowest BCUT2D eigenvalue weighted by Gasteiger charge is -2.19. The molecule has 96 valence electrons. The van der Waals surface area contributed by atoms with Crippen molar-refractivity contribution < 1.29 is 9.18 Å². The van der Waals surface area contributed by atoms with Crippen molar-refractivity contribution in [2.45, 2.75) is 13.8 Å². The quantitative estimate of drug-likeness (QED) is 0.868. The first-order valence-corrected chi connectivity index (χ1v) is 5.83. The number of nitriles is 1. The molecule has 0 unspecified atom stereocenters. The van der Waals surface area contributed by atoms with Crippen LogP contribution in [0.25, 0.3) is 0 Å². The summed E-state index contributed by atoms with van der Waals surface area (Å²) >= 11 is 0. The molecule has 0 aliphatic heterocycles. The minimum absolute atomic E-state index is 0.0461. The lowest BCUT2D eigenvalue weighted by atomic mass is 10.2. The van der Waals surface area contributed by atoms with E-state index < -0.39 is 5.82 Å². The number of hydrogen-bond donors (Lipinski definition) is 1. The Morgan fingerprint density at radius 3 is 2.61 bits per heavy atom. The molecule has 5 heteroatoms. The third kappa shape index (κ3) is 3.45. The van der Waals surface area contributed by atoms with Crippen molar-refractivity contribution in [3.05, 3.63) is 29.6 Å². The molecule has 0 heterocycles. The van der Waals surface area contributed by atoms with Crippen LogP contribution in [0.4, 0.5) is 10.1 Å². The average molecular weight is 249 g/mol. The third-order valence-corrected chi connectivity index (χ3v) is 2.64. The van der Waals surface area contributed by atoms with Crippen LogP contribution in [-0.2, 0) is 4.79 Å². The van der Waals surface area contributed by atoms with E-state index in [2.05, 4.69) is 5.32 Å². The Labute approximate surface area is 106 Å². The summed E-state index contributed by atoms with van der Waals surface area (Å²) in [5.41, 5.74) is 0.489. The molecule has 0 aliphatic carbocycles. The van der Waals surface area contributed by atoms with Crippen LogP contribution in [0.5, 0.6) is 0 Å². The van der Waals surface area contributed by atoms with Crippen molar-refractivity contribution in [3.63, 3.8) is 0 Å². The number of likely N-dealkylation sites (N-methyl/N-ethyl adjacent to an activating group) is 1. The molecule has 1 amide bonds. The number of hydrogen-bond acceptors (Lipinski definition) is 3. The summed E-state index contributed by atoms with van der Waals surface area (Å²) in [6, 6.07) is 5.97. The van der Waals surface area contributed by atoms with Crippen LogP contribution in [0, 0.1) is 17.1 Å². The van der Waals surface area contributed by atoms with Gasteiger partial charge in [-0.2, -0.15) is 5.26 Å². The van der Waals surface area contributed by atoms with Crippen LogP contribution in [0.15, 0.2) is 18.2 Å². The van der Waals surface area contributed by atoms with E-state index in [9.17, 15) is 9.18 Å². The van der Waals surface area contributed by atoms with Gasteiger partial charge in [0.2, 0.25) is 5.91 Å². The monoisotopic (exact) mass is 249 g/mol. The van der Waals surface area contributed by atoms with Gasteiger partial charge in [0.25, 0.3) is 0 Å². The molecule has 0 aromatic heterocycles. The maximum atomic E-state index is 13.5. The summed E-state index contributed by atoms with van der Waals surface area (Å²) in [6.45, 7) is 5.09. The van der Waals surface area contributed by atoms with Crippen molar-refractivity contribution in [3.8, 4) is 6.07 Å². The smallest absolute Gasteiger partial charge is 0.241 e. The second kappa shape index (κ2) is 6.60. The van der Waals surface area contributed by atoms with Crippen LogP contribution in [0.1, 0.15) is 19.4 Å². The number of anilines is 1. The summed E-state index contributed by atoms with van der Waals surface area (Å²) < 4.78 is 13.5. The number of nitrogens with one attached hydrogen (secondary N) is 1. The zero-order valence-corrected chi connectivity index (χ0v) is 10.5. The molecule has 0 fully saturated rings. The minimum Gasteiger partial charge on any atom is -0.374 e. The lowest BCUT2D eigenvalue weighted by Crippen LogP contribution is -2.35. The van der Waals surface area contributed by atoms with E-state index in [0.29, 0.717) is 13.1 Å². The molecule has 0 aliphatic rings. The summed E-state index contributed by atoms with van der Waals surface area (Å²) in [5, 5.41) is 11.3. The Morgan fingerprint density at radius 2 is 2.11 bits per heavy atom. The van der Waals surface area contributed by atoms with E-state index in [1.54, 1.807) is 4.90 Å². The molecule has 1 N–H and O–H groups in total. The van der Waals surface area contributed by atoms with Gasteiger partial charge in [0.05, 0.1) is 23.9 Å². The van der Waals surface area contributed by atoms with Crippen LogP contribution in [0.2, 0.25) is 0 Å². The van der Waals surface area contributed by atoms with Gasteiger partial charge >= 0.3 is 0 Å². The first kappa shape index (κ1) is 14.0. The fourth-order valence-corrected chi connectivity index (χ4v) is 1.59. The van der Waals surface area contributed by atoms with Crippen molar-refractivity contribution >= 4 is 11.6 Å². The fourth-order valence-electron chi connectivity index (χ4n) is 1.59. The van der Waals surface area contributed by atoms with Crippen molar-refractivity contribution in [2.75, 3.05) is 25.0 Å². The number of halogens is 1. The molecule has 0 spiro atoms. The van der Waals surface area contributed by atoms with E-state index in [1.807, 2.05) is 19.9 Å². The first-order valence-electron chi connectivity index (χ1n) is 5.83. The maximum Gasteiger partial charge on any atom is 0.241 e. The second-order valence-corrected chi connectivity index (χ2v) is 3.73. The van der Waals surface area contributed by atoms with Crippen LogP contribution >= 0.6 is 0 Å². The van der Waals surface area contributed by atoms with Gasteiger partial charge in [0.1, 0.15) is 5.82 Å². The molecule has 0 atom stereocenters. The molecule has 18 heavy (non-hydrogen) atoms. The van der Waals surface area contributed by atoms with Crippen LogP contribution in [0.3, 0.4) is 0 Å². The molecule has 0 saturated heterocycles. The number of carbonyl (C=O) groups excluding carboxylic acids is 1. The van der Waals surface area contributed by atoms with Crippen molar-refractivity contribution in [1.29, 1.82) is 5.26 Å². The average Bonchev–Trinajstić information content (AvgIpc) is 2.38. The van der Waals surface area contributed by atoms with Gasteiger partial charge in [-0.25, -0.2) is 4.39 Å². The molecular weight excluding hydrogens is 233 g/mol. The molecule has 1 rings (SSSR count). The highest BCUT2D eigenvalue weighted by atomic mass is 19.1. The topological polar surface area (TPSA) is 56.1 Å². The maximum absolute atomic E-state index is 13.5. The van der Waals surface area contributed by atoms with Gasteiger partial charge in [-0.1, -0.05) is 0 Å². The SMILES string of the molecule is CCN(CC)C(=O)CNc1ccc(C#N)cc1F. The number of rotatable bonds is 5. The molecule has 0 radical (unpaired) electrons. The molecule has 0 bridgehead atoms. The lowest BCUT2D eigenvalue weighted by molar-refractivity contribution is -0.128. The molecule has 4 nitrogen and oxygen atoms in total.